The van der Waals surface area contributed by atoms with Gasteiger partial charge in [0.05, 0.1) is 0 Å². The Bertz CT molecular complexity index is 331. The number of alkyl halides is 1. The van der Waals surface area contributed by atoms with Crippen LogP contribution in [0.3, 0.4) is 0 Å². The Hall–Kier alpha value is -0.360. The lowest BCUT2D eigenvalue weighted by Crippen LogP contribution is -2.45. The molecule has 0 spiro atoms. The maximum atomic E-state index is 11.4. The molecule has 0 unspecified atom stereocenters. The van der Waals surface area contributed by atoms with E-state index in [2.05, 4.69) is 0 Å². The number of ether oxygens (including phenoxy) is 4. The lowest BCUT2D eigenvalue weighted by molar-refractivity contribution is -0.224. The molecule has 0 bridgehead atoms. The Kier molecular flexibility index (Phi) is 2.24. The number of rotatable bonds is 0. The van der Waals surface area contributed by atoms with Gasteiger partial charge in [0.1, 0.15) is 11.5 Å². The zero-order valence-corrected chi connectivity index (χ0v) is 9.77. The molecule has 3 fully saturated rings. The minimum Gasteiger partial charge on any atom is -0.455 e. The van der Waals surface area contributed by atoms with Crippen molar-refractivity contribution >= 4 is 17.6 Å². The maximum Gasteiger partial charge on any atom is 0.324 e. The van der Waals surface area contributed by atoms with Crippen molar-refractivity contribution in [3.63, 3.8) is 0 Å². The largest absolute Gasteiger partial charge is 0.455 e. The molecule has 0 aliphatic carbocycles. The Morgan fingerprint density at radius 2 is 2.06 bits per heavy atom. The molecule has 5 nitrogen and oxygen atoms in total. The molecular weight excluding hydrogens is 236 g/mol. The highest BCUT2D eigenvalue weighted by Gasteiger charge is 2.58. The minimum absolute atomic E-state index is 0.216. The molecule has 0 saturated carbocycles. The van der Waals surface area contributed by atoms with Crippen LogP contribution in [0.15, 0.2) is 0 Å². The van der Waals surface area contributed by atoms with E-state index in [1.54, 1.807) is 13.8 Å². The molecule has 0 aromatic rings. The van der Waals surface area contributed by atoms with Gasteiger partial charge >= 0.3 is 5.97 Å². The van der Waals surface area contributed by atoms with Gasteiger partial charge in [-0.05, 0) is 13.8 Å². The second kappa shape index (κ2) is 3.32. The van der Waals surface area contributed by atoms with Crippen molar-refractivity contribution in [1.29, 1.82) is 0 Å². The number of carbonyl (C=O) groups is 1. The monoisotopic (exact) mass is 248 g/mol. The van der Waals surface area contributed by atoms with Crippen LogP contribution < -0.4 is 0 Å². The number of carbonyl (C=O) groups excluding carboxylic acids is 1. The second-order valence-corrected chi connectivity index (χ2v) is 5.27. The van der Waals surface area contributed by atoms with Crippen molar-refractivity contribution in [2.75, 3.05) is 0 Å². The number of hydrogen-bond acceptors (Lipinski definition) is 5. The Labute approximate surface area is 97.9 Å². The van der Waals surface area contributed by atoms with Crippen LogP contribution in [0.2, 0.25) is 0 Å². The fraction of sp³-hybridized carbons (Fsp3) is 0.900. The van der Waals surface area contributed by atoms with Gasteiger partial charge in [-0.25, -0.2) is 0 Å². The van der Waals surface area contributed by atoms with Crippen LogP contribution >= 0.6 is 11.6 Å². The van der Waals surface area contributed by atoms with Crippen LogP contribution in [-0.4, -0.2) is 41.7 Å². The molecule has 90 valence electrons. The van der Waals surface area contributed by atoms with Gasteiger partial charge in [-0.1, -0.05) is 0 Å². The molecule has 3 aliphatic rings. The Morgan fingerprint density at radius 1 is 1.31 bits per heavy atom. The molecule has 0 aromatic heterocycles. The third-order valence-electron chi connectivity index (χ3n) is 3.03. The summed E-state index contributed by atoms with van der Waals surface area (Å²) in [5, 5.41) is -0.631. The molecular formula is C10H13ClO5. The highest BCUT2D eigenvalue weighted by Crippen LogP contribution is 2.42. The molecule has 5 atom stereocenters. The predicted octanol–water partition coefficient (Wildman–Crippen LogP) is 0.786. The molecule has 3 heterocycles. The molecule has 16 heavy (non-hydrogen) atoms. The topological polar surface area (TPSA) is 54.0 Å². The molecule has 3 rings (SSSR count). The zero-order chi connectivity index (χ0) is 11.5. The normalized spacial score (nSPS) is 49.7. The SMILES string of the molecule is CC1(C)O[C@@H]2O[C@@H]3C[C@H](Cl)C(=O)O[C@@H]3[C@H]2O1. The van der Waals surface area contributed by atoms with Gasteiger partial charge in [0.25, 0.3) is 0 Å². The van der Waals surface area contributed by atoms with E-state index >= 15 is 0 Å². The van der Waals surface area contributed by atoms with Gasteiger partial charge in [-0.2, -0.15) is 0 Å². The van der Waals surface area contributed by atoms with E-state index in [0.29, 0.717) is 6.42 Å². The van der Waals surface area contributed by atoms with E-state index in [9.17, 15) is 4.79 Å². The predicted molar refractivity (Wildman–Crippen MR) is 52.8 cm³/mol. The van der Waals surface area contributed by atoms with E-state index in [1.807, 2.05) is 0 Å². The summed E-state index contributed by atoms with van der Waals surface area (Å²) in [6, 6.07) is 0. The molecule has 0 radical (unpaired) electrons. The fourth-order valence-corrected chi connectivity index (χ4v) is 2.61. The summed E-state index contributed by atoms with van der Waals surface area (Å²) in [5.41, 5.74) is 0. The lowest BCUT2D eigenvalue weighted by atomic mass is 10.0. The standard InChI is InChI=1S/C10H13ClO5/c1-10(2)15-7-6-5(13-9(7)16-10)3-4(11)8(12)14-6/h4-7,9H,3H2,1-2H3/t4-,5+,6-,7+,9-/m0/s1. The molecule has 6 heteroatoms. The fourth-order valence-electron chi connectivity index (χ4n) is 2.39. The van der Waals surface area contributed by atoms with E-state index in [0.717, 1.165) is 0 Å². The van der Waals surface area contributed by atoms with Crippen molar-refractivity contribution < 1.29 is 23.7 Å². The van der Waals surface area contributed by atoms with Crippen LogP contribution in [0.4, 0.5) is 0 Å². The van der Waals surface area contributed by atoms with Crippen LogP contribution in [0.5, 0.6) is 0 Å². The number of hydrogen-bond donors (Lipinski definition) is 0. The Morgan fingerprint density at radius 3 is 2.81 bits per heavy atom. The number of halogens is 1. The van der Waals surface area contributed by atoms with Crippen LogP contribution in [-0.2, 0) is 23.7 Å². The van der Waals surface area contributed by atoms with Crippen molar-refractivity contribution in [3.8, 4) is 0 Å². The van der Waals surface area contributed by atoms with E-state index in [4.69, 9.17) is 30.5 Å². The minimum atomic E-state index is -0.690. The van der Waals surface area contributed by atoms with Gasteiger partial charge in [-0.3, -0.25) is 4.79 Å². The summed E-state index contributed by atoms with van der Waals surface area (Å²) in [6.45, 7) is 3.61. The summed E-state index contributed by atoms with van der Waals surface area (Å²) in [5.74, 6) is -1.09. The molecule has 3 aliphatic heterocycles. The zero-order valence-electron chi connectivity index (χ0n) is 9.01. The molecule has 0 aromatic carbocycles. The van der Waals surface area contributed by atoms with E-state index < -0.39 is 29.5 Å². The van der Waals surface area contributed by atoms with Crippen molar-refractivity contribution in [1.82, 2.24) is 0 Å². The molecule has 0 amide bonds. The first-order valence-corrected chi connectivity index (χ1v) is 5.75. The highest BCUT2D eigenvalue weighted by molar-refractivity contribution is 6.30. The first kappa shape index (κ1) is 10.8. The summed E-state index contributed by atoms with van der Waals surface area (Å²) >= 11 is 5.81. The van der Waals surface area contributed by atoms with E-state index in [-0.39, 0.29) is 12.2 Å². The highest BCUT2D eigenvalue weighted by atomic mass is 35.5. The smallest absolute Gasteiger partial charge is 0.324 e. The van der Waals surface area contributed by atoms with Crippen LogP contribution in [0.25, 0.3) is 0 Å². The summed E-state index contributed by atoms with van der Waals surface area (Å²) < 4.78 is 22.1. The molecule has 0 N–H and O–H groups in total. The summed E-state index contributed by atoms with van der Waals surface area (Å²) in [7, 11) is 0. The lowest BCUT2D eigenvalue weighted by Gasteiger charge is -2.30. The average Bonchev–Trinajstić information content (AvgIpc) is 2.60. The van der Waals surface area contributed by atoms with E-state index in [1.165, 1.54) is 0 Å². The third kappa shape index (κ3) is 1.54. The third-order valence-corrected chi connectivity index (χ3v) is 3.39. The first-order valence-electron chi connectivity index (χ1n) is 5.32. The quantitative estimate of drug-likeness (QED) is 0.469. The van der Waals surface area contributed by atoms with Gasteiger partial charge < -0.3 is 18.9 Å². The number of esters is 1. The molecule has 3 saturated heterocycles. The van der Waals surface area contributed by atoms with Crippen LogP contribution in [0.1, 0.15) is 20.3 Å². The second-order valence-electron chi connectivity index (χ2n) is 4.75. The maximum absolute atomic E-state index is 11.4. The van der Waals surface area contributed by atoms with Gasteiger partial charge in [0.15, 0.2) is 24.3 Å². The average molecular weight is 249 g/mol. The summed E-state index contributed by atoms with van der Waals surface area (Å²) in [6.07, 6.45) is -0.959. The van der Waals surface area contributed by atoms with Crippen molar-refractivity contribution in [2.45, 2.75) is 56.0 Å². The van der Waals surface area contributed by atoms with Gasteiger partial charge in [0.2, 0.25) is 0 Å². The number of fused-ring (bicyclic) bond motifs is 3. The van der Waals surface area contributed by atoms with Crippen molar-refractivity contribution in [3.05, 3.63) is 0 Å². The van der Waals surface area contributed by atoms with Gasteiger partial charge in [0, 0.05) is 6.42 Å². The Balaban J connectivity index is 1.79. The first-order chi connectivity index (χ1) is 7.46. The van der Waals surface area contributed by atoms with Gasteiger partial charge in [-0.15, -0.1) is 11.6 Å². The summed E-state index contributed by atoms with van der Waals surface area (Å²) in [4.78, 5) is 11.4. The van der Waals surface area contributed by atoms with Crippen LogP contribution in [0, 0.1) is 0 Å². The van der Waals surface area contributed by atoms with Crippen molar-refractivity contribution in [2.24, 2.45) is 0 Å².